The lowest BCUT2D eigenvalue weighted by Crippen LogP contribution is -2.36. The zero-order valence-electron chi connectivity index (χ0n) is 11.4. The van der Waals surface area contributed by atoms with E-state index in [0.29, 0.717) is 17.7 Å². The summed E-state index contributed by atoms with van der Waals surface area (Å²) in [5.74, 6) is 0.443. The molecule has 0 saturated heterocycles. The van der Waals surface area contributed by atoms with Crippen LogP contribution in [0.2, 0.25) is 0 Å². The molecule has 1 amide bonds. The summed E-state index contributed by atoms with van der Waals surface area (Å²) in [6, 6.07) is 3.91. The van der Waals surface area contributed by atoms with Crippen molar-refractivity contribution in [3.63, 3.8) is 0 Å². The Balaban J connectivity index is 2.91. The van der Waals surface area contributed by atoms with Crippen molar-refractivity contribution >= 4 is 33.4 Å². The number of primary sulfonamides is 1. The topological polar surface area (TPSA) is 115 Å². The lowest BCUT2D eigenvalue weighted by Gasteiger charge is -2.14. The molecule has 1 atom stereocenters. The van der Waals surface area contributed by atoms with Gasteiger partial charge in [-0.1, -0.05) is 6.07 Å². The number of hydrogen-bond donors (Lipinski definition) is 3. The van der Waals surface area contributed by atoms with Crippen molar-refractivity contribution in [2.75, 3.05) is 17.3 Å². The van der Waals surface area contributed by atoms with Crippen LogP contribution in [-0.2, 0) is 14.8 Å². The van der Waals surface area contributed by atoms with Crippen molar-refractivity contribution in [3.05, 3.63) is 23.8 Å². The van der Waals surface area contributed by atoms with Crippen LogP contribution >= 0.6 is 11.8 Å². The first-order valence-corrected chi connectivity index (χ1v) is 8.89. The molecular weight excluding hydrogens is 298 g/mol. The van der Waals surface area contributed by atoms with Gasteiger partial charge >= 0.3 is 0 Å². The number of amides is 1. The Labute approximate surface area is 123 Å². The van der Waals surface area contributed by atoms with Gasteiger partial charge in [0.05, 0.1) is 10.9 Å². The van der Waals surface area contributed by atoms with Gasteiger partial charge in [0.2, 0.25) is 15.9 Å². The van der Waals surface area contributed by atoms with E-state index in [1.54, 1.807) is 24.8 Å². The van der Waals surface area contributed by atoms with Crippen LogP contribution in [0.4, 0.5) is 5.69 Å². The second-order valence-electron chi connectivity index (χ2n) is 4.35. The predicted molar refractivity (Wildman–Crippen MR) is 82.2 cm³/mol. The van der Waals surface area contributed by atoms with Crippen LogP contribution in [0.3, 0.4) is 0 Å². The summed E-state index contributed by atoms with van der Waals surface area (Å²) >= 11 is 1.61. The molecule has 0 spiro atoms. The molecule has 1 rings (SSSR count). The highest BCUT2D eigenvalue weighted by atomic mass is 32.2. The molecule has 0 radical (unpaired) electrons. The Morgan fingerprint density at radius 2 is 2.10 bits per heavy atom. The molecule has 20 heavy (non-hydrogen) atoms. The number of rotatable bonds is 6. The van der Waals surface area contributed by atoms with Gasteiger partial charge in [-0.05, 0) is 43.0 Å². The average Bonchev–Trinajstić information content (AvgIpc) is 2.36. The molecule has 6 nitrogen and oxygen atoms in total. The van der Waals surface area contributed by atoms with Gasteiger partial charge in [-0.2, -0.15) is 11.8 Å². The first-order chi connectivity index (χ1) is 9.27. The van der Waals surface area contributed by atoms with Crippen molar-refractivity contribution < 1.29 is 13.2 Å². The molecule has 0 bridgehead atoms. The third-order valence-corrected chi connectivity index (χ3v) is 4.52. The van der Waals surface area contributed by atoms with Crippen LogP contribution in [0, 0.1) is 6.92 Å². The monoisotopic (exact) mass is 317 g/mol. The first-order valence-electron chi connectivity index (χ1n) is 5.95. The highest BCUT2D eigenvalue weighted by Crippen LogP contribution is 2.22. The maximum absolute atomic E-state index is 11.9. The molecular formula is C12H19N3O3S2. The average molecular weight is 317 g/mol. The lowest BCUT2D eigenvalue weighted by atomic mass is 10.1. The molecule has 1 aromatic carbocycles. The fraction of sp³-hybridized carbons (Fsp3) is 0.417. The third kappa shape index (κ3) is 4.48. The van der Waals surface area contributed by atoms with Crippen molar-refractivity contribution in [2.45, 2.75) is 24.3 Å². The van der Waals surface area contributed by atoms with Crippen molar-refractivity contribution in [1.82, 2.24) is 0 Å². The number of thioether (sulfide) groups is 1. The number of anilines is 1. The highest BCUT2D eigenvalue weighted by molar-refractivity contribution is 7.98. The van der Waals surface area contributed by atoms with E-state index in [0.717, 1.165) is 5.75 Å². The molecule has 8 heteroatoms. The molecule has 0 aliphatic heterocycles. The van der Waals surface area contributed by atoms with Crippen LogP contribution < -0.4 is 16.2 Å². The van der Waals surface area contributed by atoms with E-state index >= 15 is 0 Å². The van der Waals surface area contributed by atoms with E-state index in [4.69, 9.17) is 10.9 Å². The smallest absolute Gasteiger partial charge is 0.241 e. The zero-order valence-corrected chi connectivity index (χ0v) is 13.1. The Morgan fingerprint density at radius 1 is 1.45 bits per heavy atom. The summed E-state index contributed by atoms with van der Waals surface area (Å²) in [6.07, 6.45) is 2.49. The number of hydrogen-bond acceptors (Lipinski definition) is 5. The third-order valence-electron chi connectivity index (χ3n) is 2.82. The predicted octanol–water partition coefficient (Wildman–Crippen LogP) is 0.661. The van der Waals surface area contributed by atoms with Crippen molar-refractivity contribution in [2.24, 2.45) is 10.9 Å². The molecule has 0 aromatic heterocycles. The molecule has 1 aromatic rings. The number of benzene rings is 1. The Kier molecular flexibility index (Phi) is 6.00. The van der Waals surface area contributed by atoms with Gasteiger partial charge in [0.1, 0.15) is 0 Å². The van der Waals surface area contributed by atoms with Crippen LogP contribution in [-0.4, -0.2) is 32.4 Å². The van der Waals surface area contributed by atoms with Gasteiger partial charge < -0.3 is 11.1 Å². The number of carbonyl (C=O) groups excluding carboxylic acids is 1. The van der Waals surface area contributed by atoms with Crippen LogP contribution in [0.5, 0.6) is 0 Å². The fourth-order valence-corrected chi connectivity index (χ4v) is 2.95. The molecule has 0 aliphatic rings. The molecule has 5 N–H and O–H groups in total. The standard InChI is InChI=1S/C12H19N3O3S2/c1-8-10(4-3-5-11(8)20(14,17)18)15-12(16)9(13)6-7-19-2/h3-5,9H,6-7,13H2,1-2H3,(H,15,16)(H2,14,17,18)/t9-/m0/s1. The summed E-state index contributed by atoms with van der Waals surface area (Å²) in [4.78, 5) is 11.9. The number of nitrogens with one attached hydrogen (secondary N) is 1. The summed E-state index contributed by atoms with van der Waals surface area (Å²) in [5.41, 5.74) is 6.56. The fourth-order valence-electron chi connectivity index (χ4n) is 1.66. The van der Waals surface area contributed by atoms with E-state index in [1.165, 1.54) is 12.1 Å². The number of nitrogens with two attached hydrogens (primary N) is 2. The molecule has 0 aliphatic carbocycles. The largest absolute Gasteiger partial charge is 0.324 e. The summed E-state index contributed by atoms with van der Waals surface area (Å²) in [6.45, 7) is 1.59. The van der Waals surface area contributed by atoms with E-state index in [-0.39, 0.29) is 10.8 Å². The van der Waals surface area contributed by atoms with Gasteiger partial charge in [-0.15, -0.1) is 0 Å². The quantitative estimate of drug-likeness (QED) is 0.713. The zero-order chi connectivity index (χ0) is 15.3. The molecule has 0 saturated carbocycles. The minimum absolute atomic E-state index is 0.00650. The Bertz CT molecular complexity index is 588. The van der Waals surface area contributed by atoms with E-state index in [2.05, 4.69) is 5.32 Å². The molecule has 0 fully saturated rings. The second-order valence-corrected chi connectivity index (χ2v) is 6.87. The first kappa shape index (κ1) is 17.0. The number of sulfonamides is 1. The SMILES string of the molecule is CSCC[C@H](N)C(=O)Nc1cccc(S(N)(=O)=O)c1C. The minimum atomic E-state index is -3.81. The Hall–Kier alpha value is -1.09. The van der Waals surface area contributed by atoms with Gasteiger partial charge in [0.15, 0.2) is 0 Å². The maximum Gasteiger partial charge on any atom is 0.241 e. The van der Waals surface area contributed by atoms with E-state index in [1.807, 2.05) is 6.26 Å². The van der Waals surface area contributed by atoms with Crippen molar-refractivity contribution in [1.29, 1.82) is 0 Å². The normalized spacial score (nSPS) is 13.0. The lowest BCUT2D eigenvalue weighted by molar-refractivity contribution is -0.117. The van der Waals surface area contributed by atoms with E-state index in [9.17, 15) is 13.2 Å². The van der Waals surface area contributed by atoms with Crippen LogP contribution in [0.1, 0.15) is 12.0 Å². The molecule has 0 heterocycles. The van der Waals surface area contributed by atoms with Gasteiger partial charge in [-0.25, -0.2) is 13.6 Å². The van der Waals surface area contributed by atoms with Gasteiger partial charge in [0.25, 0.3) is 0 Å². The maximum atomic E-state index is 11.9. The minimum Gasteiger partial charge on any atom is -0.324 e. The van der Waals surface area contributed by atoms with Crippen LogP contribution in [0.25, 0.3) is 0 Å². The van der Waals surface area contributed by atoms with Crippen molar-refractivity contribution in [3.8, 4) is 0 Å². The van der Waals surface area contributed by atoms with Gasteiger partial charge in [-0.3, -0.25) is 4.79 Å². The summed E-state index contributed by atoms with van der Waals surface area (Å²) in [7, 11) is -3.81. The second kappa shape index (κ2) is 7.07. The summed E-state index contributed by atoms with van der Waals surface area (Å²) in [5, 5.41) is 7.75. The molecule has 112 valence electrons. The number of carbonyl (C=O) groups is 1. The van der Waals surface area contributed by atoms with Crippen LogP contribution in [0.15, 0.2) is 23.1 Å². The summed E-state index contributed by atoms with van der Waals surface area (Å²) < 4.78 is 22.8. The van der Waals surface area contributed by atoms with Gasteiger partial charge in [0, 0.05) is 5.69 Å². The highest BCUT2D eigenvalue weighted by Gasteiger charge is 2.17. The Morgan fingerprint density at radius 3 is 2.65 bits per heavy atom. The van der Waals surface area contributed by atoms with E-state index < -0.39 is 16.1 Å². The molecule has 0 unspecified atom stereocenters.